The van der Waals surface area contributed by atoms with E-state index >= 15 is 0 Å². The van der Waals surface area contributed by atoms with Crippen LogP contribution in [0.1, 0.15) is 11.6 Å². The Kier molecular flexibility index (Phi) is 4.91. The zero-order chi connectivity index (χ0) is 16.1. The van der Waals surface area contributed by atoms with Crippen LogP contribution in [0.2, 0.25) is 0 Å². The molecule has 2 heterocycles. The number of aromatic nitrogens is 2. The Morgan fingerprint density at radius 3 is 2.78 bits per heavy atom. The van der Waals surface area contributed by atoms with E-state index in [1.165, 1.54) is 0 Å². The lowest BCUT2D eigenvalue weighted by molar-refractivity contribution is 0.0205. The maximum Gasteiger partial charge on any atom is 0.119 e. The van der Waals surface area contributed by atoms with Crippen LogP contribution in [0.4, 0.5) is 0 Å². The maximum atomic E-state index is 10.1. The number of ether oxygens (including phenoxy) is 1. The van der Waals surface area contributed by atoms with E-state index in [9.17, 15) is 5.11 Å². The minimum Gasteiger partial charge on any atom is -0.491 e. The van der Waals surface area contributed by atoms with Crippen molar-refractivity contribution in [2.24, 2.45) is 0 Å². The Hall–Kier alpha value is -2.36. The molecule has 0 unspecified atom stereocenters. The molecule has 3 rings (SSSR count). The summed E-state index contributed by atoms with van der Waals surface area (Å²) in [5.41, 5.74) is 0.964. The molecule has 1 N–H and O–H groups in total. The third kappa shape index (κ3) is 4.09. The normalized spacial score (nSPS) is 16.5. The molecule has 23 heavy (non-hydrogen) atoms. The van der Waals surface area contributed by atoms with Crippen LogP contribution in [-0.4, -0.2) is 52.1 Å². The van der Waals surface area contributed by atoms with Crippen molar-refractivity contribution in [2.75, 3.05) is 26.2 Å². The molecule has 2 aromatic rings. The lowest BCUT2D eigenvalue weighted by Gasteiger charge is -2.40. The molecule has 1 aromatic carbocycles. The van der Waals surface area contributed by atoms with E-state index in [1.807, 2.05) is 41.2 Å². The smallest absolute Gasteiger partial charge is 0.119 e. The highest BCUT2D eigenvalue weighted by molar-refractivity contribution is 5.28. The largest absolute Gasteiger partial charge is 0.491 e. The quantitative estimate of drug-likeness (QED) is 0.833. The molecule has 6 heteroatoms. The molecule has 0 amide bonds. The van der Waals surface area contributed by atoms with Gasteiger partial charge in [0.05, 0.1) is 18.5 Å². The monoisotopic (exact) mass is 312 g/mol. The second kappa shape index (κ2) is 7.27. The summed E-state index contributed by atoms with van der Waals surface area (Å²) in [5.74, 6) is 0.712. The minimum absolute atomic E-state index is 0.264. The van der Waals surface area contributed by atoms with Crippen molar-refractivity contribution in [3.63, 3.8) is 0 Å². The van der Waals surface area contributed by atoms with Crippen LogP contribution in [-0.2, 0) is 6.42 Å². The molecule has 0 spiro atoms. The van der Waals surface area contributed by atoms with Gasteiger partial charge in [-0.25, -0.2) is 0 Å². The van der Waals surface area contributed by atoms with Gasteiger partial charge in [-0.2, -0.15) is 10.4 Å². The molecule has 0 aliphatic carbocycles. The highest BCUT2D eigenvalue weighted by atomic mass is 16.5. The minimum atomic E-state index is -0.521. The summed E-state index contributed by atoms with van der Waals surface area (Å²) in [6.45, 7) is 2.67. The molecule has 120 valence electrons. The highest BCUT2D eigenvalue weighted by Gasteiger charge is 2.29. The predicted octanol–water partition coefficient (Wildman–Crippen LogP) is 1.25. The van der Waals surface area contributed by atoms with Gasteiger partial charge in [-0.05, 0) is 23.8 Å². The summed E-state index contributed by atoms with van der Waals surface area (Å²) >= 11 is 0. The number of β-amino-alcohol motifs (C(OH)–C–C–N with tert-alkyl or cyclic N) is 1. The SMILES string of the molecule is N#CCc1ccc(OC[C@@H](O)CN2CC(n3cccn3)C2)cc1. The molecule has 1 aliphatic heterocycles. The number of nitriles is 1. The average Bonchev–Trinajstić information content (AvgIpc) is 3.04. The molecule has 6 nitrogen and oxygen atoms in total. The lowest BCUT2D eigenvalue weighted by Crippen LogP contribution is -2.51. The summed E-state index contributed by atoms with van der Waals surface area (Å²) in [7, 11) is 0. The van der Waals surface area contributed by atoms with Gasteiger partial charge >= 0.3 is 0 Å². The molecule has 1 fully saturated rings. The van der Waals surface area contributed by atoms with Crippen molar-refractivity contribution in [1.82, 2.24) is 14.7 Å². The number of hydrogen-bond acceptors (Lipinski definition) is 5. The Morgan fingerprint density at radius 2 is 2.13 bits per heavy atom. The van der Waals surface area contributed by atoms with Crippen molar-refractivity contribution in [3.8, 4) is 11.8 Å². The first-order chi connectivity index (χ1) is 11.2. The number of aliphatic hydroxyl groups is 1. The van der Waals surface area contributed by atoms with Gasteiger partial charge in [0.2, 0.25) is 0 Å². The zero-order valence-electron chi connectivity index (χ0n) is 12.9. The summed E-state index contributed by atoms with van der Waals surface area (Å²) in [6, 6.07) is 11.8. The van der Waals surface area contributed by atoms with Gasteiger partial charge in [-0.3, -0.25) is 9.58 Å². The van der Waals surface area contributed by atoms with Gasteiger partial charge in [0.25, 0.3) is 0 Å². The van der Waals surface area contributed by atoms with Gasteiger partial charge in [-0.15, -0.1) is 0 Å². The summed E-state index contributed by atoms with van der Waals surface area (Å²) < 4.78 is 7.55. The number of aliphatic hydroxyl groups excluding tert-OH is 1. The van der Waals surface area contributed by atoms with E-state index in [-0.39, 0.29) is 6.61 Å². The number of likely N-dealkylation sites (tertiary alicyclic amines) is 1. The van der Waals surface area contributed by atoms with Crippen molar-refractivity contribution >= 4 is 0 Å². The summed E-state index contributed by atoms with van der Waals surface area (Å²) in [6.07, 6.45) is 3.63. The fourth-order valence-corrected chi connectivity index (χ4v) is 2.69. The Labute approximate surface area is 135 Å². The Bertz CT molecular complexity index is 642. The van der Waals surface area contributed by atoms with Crippen LogP contribution < -0.4 is 4.74 Å². The fourth-order valence-electron chi connectivity index (χ4n) is 2.69. The van der Waals surface area contributed by atoms with Gasteiger partial charge in [-0.1, -0.05) is 12.1 Å². The number of benzene rings is 1. The van der Waals surface area contributed by atoms with Gasteiger partial charge in [0.15, 0.2) is 0 Å². The van der Waals surface area contributed by atoms with E-state index in [4.69, 9.17) is 10.00 Å². The fraction of sp³-hybridized carbons (Fsp3) is 0.412. The number of rotatable bonds is 7. The standard InChI is InChI=1S/C17H20N4O2/c18-7-6-14-2-4-17(5-3-14)23-13-16(22)12-20-10-15(11-20)21-9-1-8-19-21/h1-5,8-9,15-16,22H,6,10-13H2/t16-/m0/s1. The molecule has 0 bridgehead atoms. The van der Waals surface area contributed by atoms with E-state index in [2.05, 4.69) is 16.1 Å². The number of hydrogen-bond donors (Lipinski definition) is 1. The van der Waals surface area contributed by atoms with Crippen LogP contribution in [0, 0.1) is 11.3 Å². The molecule has 1 saturated heterocycles. The van der Waals surface area contributed by atoms with Crippen LogP contribution in [0.3, 0.4) is 0 Å². The molecule has 1 aliphatic rings. The van der Waals surface area contributed by atoms with Crippen LogP contribution in [0.15, 0.2) is 42.7 Å². The number of nitrogens with zero attached hydrogens (tertiary/aromatic N) is 4. The predicted molar refractivity (Wildman–Crippen MR) is 85.0 cm³/mol. The van der Waals surface area contributed by atoms with Crippen molar-refractivity contribution in [1.29, 1.82) is 5.26 Å². The van der Waals surface area contributed by atoms with Crippen molar-refractivity contribution < 1.29 is 9.84 Å². The maximum absolute atomic E-state index is 10.1. The first kappa shape index (κ1) is 15.5. The van der Waals surface area contributed by atoms with Crippen LogP contribution >= 0.6 is 0 Å². The lowest BCUT2D eigenvalue weighted by atomic mass is 10.1. The molecule has 1 atom stereocenters. The topological polar surface area (TPSA) is 74.3 Å². The van der Waals surface area contributed by atoms with Crippen LogP contribution in [0.5, 0.6) is 5.75 Å². The van der Waals surface area contributed by atoms with Gasteiger partial charge < -0.3 is 9.84 Å². The second-order valence-electron chi connectivity index (χ2n) is 5.80. The summed E-state index contributed by atoms with van der Waals surface area (Å²) in [4.78, 5) is 2.19. The highest BCUT2D eigenvalue weighted by Crippen LogP contribution is 2.20. The molecule has 1 aromatic heterocycles. The van der Waals surface area contributed by atoms with Crippen molar-refractivity contribution in [3.05, 3.63) is 48.3 Å². The molecular weight excluding hydrogens is 292 g/mol. The van der Waals surface area contributed by atoms with E-state index in [0.717, 1.165) is 18.7 Å². The molecule has 0 saturated carbocycles. The first-order valence-corrected chi connectivity index (χ1v) is 7.73. The Balaban J connectivity index is 1.37. The third-order valence-electron chi connectivity index (χ3n) is 3.95. The second-order valence-corrected chi connectivity index (χ2v) is 5.80. The van der Waals surface area contributed by atoms with Gasteiger partial charge in [0.1, 0.15) is 18.5 Å². The third-order valence-corrected chi connectivity index (χ3v) is 3.95. The van der Waals surface area contributed by atoms with Crippen molar-refractivity contribution in [2.45, 2.75) is 18.6 Å². The van der Waals surface area contributed by atoms with E-state index < -0.39 is 6.10 Å². The zero-order valence-corrected chi connectivity index (χ0v) is 12.9. The van der Waals surface area contributed by atoms with Gasteiger partial charge in [0, 0.05) is 32.0 Å². The van der Waals surface area contributed by atoms with E-state index in [0.29, 0.717) is 24.8 Å². The van der Waals surface area contributed by atoms with E-state index in [1.54, 1.807) is 6.20 Å². The molecule has 0 radical (unpaired) electrons. The Morgan fingerprint density at radius 1 is 1.35 bits per heavy atom. The average molecular weight is 312 g/mol. The molecular formula is C17H20N4O2. The van der Waals surface area contributed by atoms with Crippen LogP contribution in [0.25, 0.3) is 0 Å². The first-order valence-electron chi connectivity index (χ1n) is 7.73. The summed E-state index contributed by atoms with van der Waals surface area (Å²) in [5, 5.41) is 22.9.